The second-order valence-electron chi connectivity index (χ2n) is 4.61. The van der Waals surface area contributed by atoms with Gasteiger partial charge in [-0.05, 0) is 18.4 Å². The highest BCUT2D eigenvalue weighted by atomic mass is 16.3. The minimum Gasteiger partial charge on any atom is -0.388 e. The van der Waals surface area contributed by atoms with Crippen LogP contribution in [0.2, 0.25) is 0 Å². The molecule has 0 saturated carbocycles. The Hall–Kier alpha value is -1.08. The van der Waals surface area contributed by atoms with Gasteiger partial charge < -0.3 is 5.11 Å². The quantitative estimate of drug-likeness (QED) is 0.549. The van der Waals surface area contributed by atoms with E-state index in [1.807, 2.05) is 24.3 Å². The molecule has 1 N–H and O–H groups in total. The van der Waals surface area contributed by atoms with Gasteiger partial charge in [0.1, 0.15) is 0 Å². The van der Waals surface area contributed by atoms with E-state index >= 15 is 0 Å². The largest absolute Gasteiger partial charge is 0.388 e. The number of aliphatic hydroxyl groups is 1. The summed E-state index contributed by atoms with van der Waals surface area (Å²) in [5, 5.41) is 10.0. The Morgan fingerprint density at radius 1 is 1.18 bits per heavy atom. The first-order valence-corrected chi connectivity index (χ1v) is 6.65. The molecule has 1 aromatic rings. The molecule has 1 nitrogen and oxygen atoms in total. The lowest BCUT2D eigenvalue weighted by molar-refractivity contribution is 0.196. The van der Waals surface area contributed by atoms with Crippen molar-refractivity contribution in [2.24, 2.45) is 0 Å². The summed E-state index contributed by atoms with van der Waals surface area (Å²) < 4.78 is 0. The predicted octanol–water partition coefficient (Wildman–Crippen LogP) is 4.29. The van der Waals surface area contributed by atoms with E-state index in [2.05, 4.69) is 32.1 Å². The first-order chi connectivity index (χ1) is 8.25. The molecule has 0 saturated heterocycles. The summed E-state index contributed by atoms with van der Waals surface area (Å²) in [6, 6.07) is 10.2. The maximum atomic E-state index is 10.0. The van der Waals surface area contributed by atoms with Crippen molar-refractivity contribution < 1.29 is 5.11 Å². The molecule has 0 spiro atoms. The molecule has 1 aromatic carbocycles. The maximum Gasteiger partial charge on any atom is 0.0786 e. The fourth-order valence-corrected chi connectivity index (χ4v) is 1.87. The predicted molar refractivity (Wildman–Crippen MR) is 74.1 cm³/mol. The Labute approximate surface area is 105 Å². The van der Waals surface area contributed by atoms with Crippen LogP contribution in [-0.4, -0.2) is 11.2 Å². The number of rotatable bonds is 7. The molecule has 0 aliphatic rings. The Morgan fingerprint density at radius 3 is 2.53 bits per heavy atom. The standard InChI is InChI=1S/C16H24O/c1-3-4-5-6-10-13-16(17)14(2)15-11-8-7-9-12-15/h7-14,16-17H,3-6H2,1-2H3/b13-10+/t14-,16+/m1/s1. The molecule has 0 fully saturated rings. The van der Waals surface area contributed by atoms with E-state index < -0.39 is 0 Å². The summed E-state index contributed by atoms with van der Waals surface area (Å²) in [6.45, 7) is 4.27. The van der Waals surface area contributed by atoms with Crippen LogP contribution in [0.1, 0.15) is 51.0 Å². The van der Waals surface area contributed by atoms with E-state index in [0.29, 0.717) is 0 Å². The maximum absolute atomic E-state index is 10.0. The third-order valence-corrected chi connectivity index (χ3v) is 3.15. The minimum absolute atomic E-state index is 0.165. The number of hydrogen-bond acceptors (Lipinski definition) is 1. The first kappa shape index (κ1) is 14.0. The average molecular weight is 232 g/mol. The molecule has 2 atom stereocenters. The van der Waals surface area contributed by atoms with Crippen molar-refractivity contribution in [2.45, 2.75) is 51.6 Å². The molecule has 0 bridgehead atoms. The lowest BCUT2D eigenvalue weighted by Crippen LogP contribution is -2.12. The van der Waals surface area contributed by atoms with E-state index in [-0.39, 0.29) is 12.0 Å². The zero-order chi connectivity index (χ0) is 12.5. The molecular weight excluding hydrogens is 208 g/mol. The molecule has 0 heterocycles. The third kappa shape index (κ3) is 5.18. The number of aliphatic hydroxyl groups excluding tert-OH is 1. The Kier molecular flexibility index (Phi) is 6.64. The van der Waals surface area contributed by atoms with Crippen molar-refractivity contribution >= 4 is 0 Å². The van der Waals surface area contributed by atoms with Gasteiger partial charge >= 0.3 is 0 Å². The monoisotopic (exact) mass is 232 g/mol. The van der Waals surface area contributed by atoms with Crippen molar-refractivity contribution in [3.63, 3.8) is 0 Å². The van der Waals surface area contributed by atoms with Crippen LogP contribution in [-0.2, 0) is 0 Å². The van der Waals surface area contributed by atoms with E-state index in [4.69, 9.17) is 0 Å². The lowest BCUT2D eigenvalue weighted by atomic mass is 9.95. The van der Waals surface area contributed by atoms with E-state index in [0.717, 1.165) is 6.42 Å². The SMILES string of the molecule is CCCCC/C=C/[C@H](O)[C@H](C)c1ccccc1. The second-order valence-corrected chi connectivity index (χ2v) is 4.61. The van der Waals surface area contributed by atoms with Gasteiger partial charge in [0.15, 0.2) is 0 Å². The van der Waals surface area contributed by atoms with Crippen molar-refractivity contribution in [2.75, 3.05) is 0 Å². The van der Waals surface area contributed by atoms with E-state index in [9.17, 15) is 5.11 Å². The van der Waals surface area contributed by atoms with Crippen molar-refractivity contribution in [1.82, 2.24) is 0 Å². The van der Waals surface area contributed by atoms with Gasteiger partial charge in [0.05, 0.1) is 6.10 Å². The van der Waals surface area contributed by atoms with E-state index in [1.165, 1.54) is 24.8 Å². The molecule has 0 unspecified atom stereocenters. The van der Waals surface area contributed by atoms with Gasteiger partial charge in [-0.15, -0.1) is 0 Å². The average Bonchev–Trinajstić information content (AvgIpc) is 2.38. The zero-order valence-corrected chi connectivity index (χ0v) is 11.0. The molecular formula is C16H24O. The molecule has 94 valence electrons. The van der Waals surface area contributed by atoms with E-state index in [1.54, 1.807) is 0 Å². The first-order valence-electron chi connectivity index (χ1n) is 6.65. The number of benzene rings is 1. The lowest BCUT2D eigenvalue weighted by Gasteiger charge is -2.15. The number of hydrogen-bond donors (Lipinski definition) is 1. The van der Waals surface area contributed by atoms with Gasteiger partial charge in [0.2, 0.25) is 0 Å². The van der Waals surface area contributed by atoms with Gasteiger partial charge in [0.25, 0.3) is 0 Å². The summed E-state index contributed by atoms with van der Waals surface area (Å²) >= 11 is 0. The van der Waals surface area contributed by atoms with Crippen LogP contribution in [0.3, 0.4) is 0 Å². The van der Waals surface area contributed by atoms with Crippen LogP contribution in [0, 0.1) is 0 Å². The smallest absolute Gasteiger partial charge is 0.0786 e. The number of unbranched alkanes of at least 4 members (excludes halogenated alkanes) is 3. The molecule has 0 aliphatic carbocycles. The zero-order valence-electron chi connectivity index (χ0n) is 11.0. The van der Waals surface area contributed by atoms with Gasteiger partial charge in [0, 0.05) is 5.92 Å². The fraction of sp³-hybridized carbons (Fsp3) is 0.500. The molecule has 17 heavy (non-hydrogen) atoms. The van der Waals surface area contributed by atoms with Gasteiger partial charge in [-0.3, -0.25) is 0 Å². The molecule has 1 heteroatoms. The minimum atomic E-state index is -0.376. The van der Waals surface area contributed by atoms with Crippen LogP contribution in [0.15, 0.2) is 42.5 Å². The molecule has 0 amide bonds. The molecule has 0 aromatic heterocycles. The Bertz CT molecular complexity index is 316. The summed E-state index contributed by atoms with van der Waals surface area (Å²) in [4.78, 5) is 0. The molecule has 0 aliphatic heterocycles. The Morgan fingerprint density at radius 2 is 1.88 bits per heavy atom. The summed E-state index contributed by atoms with van der Waals surface area (Å²) in [5.74, 6) is 0.165. The molecule has 1 rings (SSSR count). The van der Waals surface area contributed by atoms with Gasteiger partial charge in [-0.2, -0.15) is 0 Å². The summed E-state index contributed by atoms with van der Waals surface area (Å²) in [5.41, 5.74) is 1.19. The highest BCUT2D eigenvalue weighted by molar-refractivity contribution is 5.21. The summed E-state index contributed by atoms with van der Waals surface area (Å²) in [7, 11) is 0. The van der Waals surface area contributed by atoms with Crippen LogP contribution in [0.5, 0.6) is 0 Å². The number of allylic oxidation sites excluding steroid dienone is 1. The fourth-order valence-electron chi connectivity index (χ4n) is 1.87. The second kappa shape index (κ2) is 8.08. The topological polar surface area (TPSA) is 20.2 Å². The van der Waals surface area contributed by atoms with Crippen LogP contribution >= 0.6 is 0 Å². The highest BCUT2D eigenvalue weighted by Gasteiger charge is 2.12. The molecule has 0 radical (unpaired) electrons. The van der Waals surface area contributed by atoms with Crippen molar-refractivity contribution in [3.8, 4) is 0 Å². The van der Waals surface area contributed by atoms with Crippen molar-refractivity contribution in [3.05, 3.63) is 48.0 Å². The van der Waals surface area contributed by atoms with Crippen LogP contribution in [0.4, 0.5) is 0 Å². The summed E-state index contributed by atoms with van der Waals surface area (Å²) in [6.07, 6.45) is 8.49. The van der Waals surface area contributed by atoms with Gasteiger partial charge in [-0.25, -0.2) is 0 Å². The third-order valence-electron chi connectivity index (χ3n) is 3.15. The van der Waals surface area contributed by atoms with Crippen LogP contribution < -0.4 is 0 Å². The Balaban J connectivity index is 2.39. The van der Waals surface area contributed by atoms with Gasteiger partial charge in [-0.1, -0.05) is 69.2 Å². The van der Waals surface area contributed by atoms with Crippen LogP contribution in [0.25, 0.3) is 0 Å². The van der Waals surface area contributed by atoms with Crippen molar-refractivity contribution in [1.29, 1.82) is 0 Å². The normalized spacial score (nSPS) is 15.0. The highest BCUT2D eigenvalue weighted by Crippen LogP contribution is 2.19.